The molecule has 1 aliphatic carbocycles. The van der Waals surface area contributed by atoms with E-state index in [4.69, 9.17) is 28.8 Å². The van der Waals surface area contributed by atoms with Gasteiger partial charge in [0.25, 0.3) is 0 Å². The van der Waals surface area contributed by atoms with Crippen LogP contribution in [-0.2, 0) is 5.41 Å². The summed E-state index contributed by atoms with van der Waals surface area (Å²) in [7, 11) is 0. The molecule has 0 saturated heterocycles. The van der Waals surface area contributed by atoms with E-state index in [1.807, 2.05) is 24.3 Å². The molecule has 119 heavy (non-hydrogen) atoms. The normalized spacial score (nSPS) is 12.5. The Balaban J connectivity index is 0.000000136. The zero-order valence-electron chi connectivity index (χ0n) is 65.0. The summed E-state index contributed by atoms with van der Waals surface area (Å²) in [6, 6.07) is 138. The molecule has 8 nitrogen and oxygen atoms in total. The molecule has 556 valence electrons. The van der Waals surface area contributed by atoms with Crippen molar-refractivity contribution >= 4 is 131 Å². The summed E-state index contributed by atoms with van der Waals surface area (Å²) in [6.45, 7) is 4.66. The van der Waals surface area contributed by atoms with Crippen LogP contribution in [0.3, 0.4) is 0 Å². The van der Waals surface area contributed by atoms with Crippen LogP contribution in [0.4, 0.5) is 0 Å². The van der Waals surface area contributed by atoms with Gasteiger partial charge in [0.1, 0.15) is 22.3 Å². The van der Waals surface area contributed by atoms with Crippen LogP contribution >= 0.6 is 0 Å². The Morgan fingerprint density at radius 3 is 1.14 bits per heavy atom. The molecule has 6 aromatic heterocycles. The van der Waals surface area contributed by atoms with E-state index in [9.17, 15) is 0 Å². The Kier molecular flexibility index (Phi) is 15.2. The second kappa shape index (κ2) is 26.7. The van der Waals surface area contributed by atoms with Crippen molar-refractivity contribution in [2.24, 2.45) is 0 Å². The molecule has 25 rings (SSSR count). The predicted molar refractivity (Wildman–Crippen MR) is 493 cm³/mol. The first kappa shape index (κ1) is 67.8. The highest BCUT2D eigenvalue weighted by Crippen LogP contribution is 2.51. The van der Waals surface area contributed by atoms with E-state index < -0.39 is 0 Å². The van der Waals surface area contributed by atoms with Gasteiger partial charge in [-0.25, -0.2) is 19.9 Å². The fraction of sp³-hybridized carbons (Fsp3) is 0.0270. The molecule has 6 heterocycles. The Hall–Kier alpha value is -15.6. The number of nitrogens with zero attached hydrogens (tertiary/aromatic N) is 6. The van der Waals surface area contributed by atoms with Crippen LogP contribution < -0.4 is 0 Å². The van der Waals surface area contributed by atoms with Gasteiger partial charge in [-0.2, -0.15) is 0 Å². The van der Waals surface area contributed by atoms with Crippen molar-refractivity contribution in [3.05, 3.63) is 399 Å². The van der Waals surface area contributed by atoms with E-state index in [2.05, 4.69) is 387 Å². The summed E-state index contributed by atoms with van der Waals surface area (Å²) in [5.41, 5.74) is 30.4. The molecule has 0 fully saturated rings. The Morgan fingerprint density at radius 1 is 0.227 bits per heavy atom. The number of hydrogen-bond donors (Lipinski definition) is 0. The topological polar surface area (TPSA) is 87.7 Å². The molecular weight excluding hydrogens is 1450 g/mol. The summed E-state index contributed by atoms with van der Waals surface area (Å²) in [4.78, 5) is 21.4. The van der Waals surface area contributed by atoms with Crippen LogP contribution in [0.2, 0.25) is 0 Å². The van der Waals surface area contributed by atoms with Crippen molar-refractivity contribution in [1.29, 1.82) is 0 Å². The Morgan fingerprint density at radius 2 is 0.597 bits per heavy atom. The van der Waals surface area contributed by atoms with Crippen LogP contribution in [-0.4, -0.2) is 29.1 Å². The number of furan rings is 2. The lowest BCUT2D eigenvalue weighted by Gasteiger charge is -2.22. The van der Waals surface area contributed by atoms with Crippen LogP contribution in [0.1, 0.15) is 25.0 Å². The number of para-hydroxylation sites is 8. The van der Waals surface area contributed by atoms with Crippen molar-refractivity contribution in [1.82, 2.24) is 29.1 Å². The molecule has 0 unspecified atom stereocenters. The van der Waals surface area contributed by atoms with Gasteiger partial charge in [-0.15, -0.1) is 0 Å². The average Bonchev–Trinajstić information content (AvgIpc) is 1.58. The molecule has 18 aromatic carbocycles. The van der Waals surface area contributed by atoms with Gasteiger partial charge in [0, 0.05) is 81.5 Å². The first-order valence-corrected chi connectivity index (χ1v) is 40.6. The lowest BCUT2D eigenvalue weighted by atomic mass is 9.82. The molecule has 0 saturated carbocycles. The third-order valence-corrected chi connectivity index (χ3v) is 24.9. The van der Waals surface area contributed by atoms with E-state index in [1.165, 1.54) is 70.9 Å². The van der Waals surface area contributed by atoms with Gasteiger partial charge in [-0.3, -0.25) is 9.13 Å². The van der Waals surface area contributed by atoms with Crippen molar-refractivity contribution in [3.63, 3.8) is 0 Å². The second-order valence-electron chi connectivity index (χ2n) is 31.9. The summed E-state index contributed by atoms with van der Waals surface area (Å²) < 4.78 is 17.3. The number of fused-ring (bicyclic) bond motifs is 21. The molecule has 0 atom stereocenters. The van der Waals surface area contributed by atoms with Gasteiger partial charge in [-0.05, 0) is 161 Å². The van der Waals surface area contributed by atoms with Crippen molar-refractivity contribution in [2.45, 2.75) is 19.3 Å². The highest BCUT2D eigenvalue weighted by molar-refractivity contribution is 6.24. The minimum Gasteiger partial charge on any atom is -0.455 e. The molecule has 0 radical (unpaired) electrons. The van der Waals surface area contributed by atoms with Gasteiger partial charge in [0.15, 0.2) is 0 Å². The van der Waals surface area contributed by atoms with Gasteiger partial charge in [0.2, 0.25) is 11.9 Å². The maximum Gasteiger partial charge on any atom is 0.235 e. The zero-order chi connectivity index (χ0) is 78.6. The number of aromatic nitrogens is 6. The molecule has 0 amide bonds. The molecular formula is C111H70N6O2. The lowest BCUT2D eigenvalue weighted by Crippen LogP contribution is -2.15. The van der Waals surface area contributed by atoms with Crippen molar-refractivity contribution < 1.29 is 8.83 Å². The largest absolute Gasteiger partial charge is 0.455 e. The van der Waals surface area contributed by atoms with Crippen LogP contribution in [0, 0.1) is 0 Å². The fourth-order valence-corrected chi connectivity index (χ4v) is 19.1. The van der Waals surface area contributed by atoms with E-state index in [-0.39, 0.29) is 5.41 Å². The van der Waals surface area contributed by atoms with Gasteiger partial charge >= 0.3 is 0 Å². The monoisotopic (exact) mass is 1520 g/mol. The molecule has 1 aliphatic rings. The lowest BCUT2D eigenvalue weighted by molar-refractivity contribution is 0.660. The summed E-state index contributed by atoms with van der Waals surface area (Å²) in [6.07, 6.45) is 0. The summed E-state index contributed by atoms with van der Waals surface area (Å²) >= 11 is 0. The maximum atomic E-state index is 6.38. The predicted octanol–water partition coefficient (Wildman–Crippen LogP) is 29.5. The highest BCUT2D eigenvalue weighted by atomic mass is 16.3. The quantitative estimate of drug-likeness (QED) is 0.143. The van der Waals surface area contributed by atoms with Gasteiger partial charge in [-0.1, -0.05) is 329 Å². The van der Waals surface area contributed by atoms with Crippen LogP contribution in [0.5, 0.6) is 0 Å². The third-order valence-electron chi connectivity index (χ3n) is 24.9. The number of rotatable bonds is 9. The molecule has 0 N–H and O–H groups in total. The van der Waals surface area contributed by atoms with Crippen molar-refractivity contribution in [3.8, 4) is 101 Å². The molecule has 0 aliphatic heterocycles. The Labute approximate surface area is 684 Å². The Bertz CT molecular complexity index is 8330. The smallest absolute Gasteiger partial charge is 0.235 e. The molecule has 0 bridgehead atoms. The standard InChI is InChI=1S/C57H37N3O.C54H33N3O/c1-57(2)47-18-7-3-12-40(47)41-30-28-38(33-48(41)57)54-44-14-4-8-19-49(44)58-56(59-54)60-50-20-9-5-15-45(50)53-46-32-37(27-26-36(46)29-31-51(53)60)34-22-24-35(25-23-34)39-16-11-17-43-42-13-6-10-21-52(42)61-55(39)43;1-2-12-34(13-3-1)38-14-10-15-40(32-38)52-44-17-4-7-21-47(44)55-54(56-52)57-48-22-8-5-18-45(48)51-46-33-39(29-28-37(46)30-31-49(51)57)35-24-26-36(27-25-35)41-19-11-20-43-42-16-6-9-23-50(42)58-53(41)43/h3-33H,1-2H3;1-33H. The zero-order valence-corrected chi connectivity index (χ0v) is 65.0. The van der Waals surface area contributed by atoms with E-state index in [0.717, 1.165) is 160 Å². The minimum atomic E-state index is -0.119. The summed E-state index contributed by atoms with van der Waals surface area (Å²) in [5, 5.41) is 16.1. The SMILES string of the molecule is CC1(C)c2ccccc2-c2ccc(-c3nc(-n4c5ccccc5c5c6cc(-c7ccc(-c8cccc9c8oc8ccccc89)cc7)ccc6ccc54)nc4ccccc34)cc21.c1ccc(-c2cccc(-c3nc(-n4c5ccccc5c5c6cc(-c7ccc(-c8cccc9c8oc8ccccc89)cc7)ccc6ccc54)nc4ccccc34)c2)cc1. The number of hydrogen-bond acceptors (Lipinski definition) is 6. The average molecular weight is 1520 g/mol. The minimum absolute atomic E-state index is 0.119. The highest BCUT2D eigenvalue weighted by Gasteiger charge is 2.36. The number of benzene rings is 18. The second-order valence-corrected chi connectivity index (χ2v) is 31.9. The van der Waals surface area contributed by atoms with Crippen LogP contribution in [0.25, 0.3) is 232 Å². The molecule has 24 aromatic rings. The van der Waals surface area contributed by atoms with Gasteiger partial charge < -0.3 is 8.83 Å². The molecule has 0 spiro atoms. The summed E-state index contributed by atoms with van der Waals surface area (Å²) in [5.74, 6) is 1.31. The van der Waals surface area contributed by atoms with E-state index in [0.29, 0.717) is 11.9 Å². The third kappa shape index (κ3) is 10.8. The van der Waals surface area contributed by atoms with E-state index >= 15 is 0 Å². The molecule has 8 heteroatoms. The van der Waals surface area contributed by atoms with Crippen molar-refractivity contribution in [2.75, 3.05) is 0 Å². The van der Waals surface area contributed by atoms with Gasteiger partial charge in [0.05, 0.1) is 44.5 Å². The first-order valence-electron chi connectivity index (χ1n) is 40.6. The maximum absolute atomic E-state index is 6.38. The van der Waals surface area contributed by atoms with E-state index in [1.54, 1.807) is 0 Å². The van der Waals surface area contributed by atoms with Crippen LogP contribution in [0.15, 0.2) is 397 Å². The first-order chi connectivity index (χ1) is 58.7. The fourth-order valence-electron chi connectivity index (χ4n) is 19.1.